The summed E-state index contributed by atoms with van der Waals surface area (Å²) in [6, 6.07) is 0.409. The molecular weight excluding hydrogens is 216 g/mol. The molecule has 5 nitrogen and oxygen atoms in total. The first-order valence-corrected chi connectivity index (χ1v) is 6.31. The Labute approximate surface area is 102 Å². The molecular formula is C12H20N4O. The Morgan fingerprint density at radius 1 is 1.71 bits per heavy atom. The molecule has 1 atom stereocenters. The third-order valence-corrected chi connectivity index (χ3v) is 3.12. The van der Waals surface area contributed by atoms with E-state index in [0.717, 1.165) is 13.0 Å². The van der Waals surface area contributed by atoms with E-state index in [-0.39, 0.29) is 5.91 Å². The van der Waals surface area contributed by atoms with Crippen LogP contribution in [0.3, 0.4) is 0 Å². The van der Waals surface area contributed by atoms with Crippen molar-refractivity contribution in [2.45, 2.75) is 38.8 Å². The number of aromatic nitrogens is 2. The van der Waals surface area contributed by atoms with E-state index in [4.69, 9.17) is 0 Å². The van der Waals surface area contributed by atoms with E-state index in [1.54, 1.807) is 0 Å². The fourth-order valence-electron chi connectivity index (χ4n) is 2.25. The molecule has 5 heteroatoms. The first-order chi connectivity index (χ1) is 8.31. The quantitative estimate of drug-likeness (QED) is 0.796. The SMILES string of the molecule is CCNC(=O)CCn1cncc1[C@@H]1CCCN1. The molecule has 2 N–H and O–H groups in total. The number of nitrogens with zero attached hydrogens (tertiary/aromatic N) is 2. The molecule has 0 saturated carbocycles. The topological polar surface area (TPSA) is 59.0 Å². The van der Waals surface area contributed by atoms with E-state index in [9.17, 15) is 4.79 Å². The normalized spacial score (nSPS) is 19.5. The summed E-state index contributed by atoms with van der Waals surface area (Å²) in [7, 11) is 0. The number of carbonyl (C=O) groups excluding carboxylic acids is 1. The molecule has 1 saturated heterocycles. The zero-order valence-corrected chi connectivity index (χ0v) is 10.3. The van der Waals surface area contributed by atoms with Crippen LogP contribution in [0.5, 0.6) is 0 Å². The summed E-state index contributed by atoms with van der Waals surface area (Å²) in [6.45, 7) is 4.41. The number of aryl methyl sites for hydroxylation is 1. The maximum Gasteiger partial charge on any atom is 0.221 e. The first kappa shape index (κ1) is 12.1. The van der Waals surface area contributed by atoms with Crippen LogP contribution in [0.4, 0.5) is 0 Å². The van der Waals surface area contributed by atoms with Gasteiger partial charge in [-0.3, -0.25) is 4.79 Å². The van der Waals surface area contributed by atoms with Crippen molar-refractivity contribution < 1.29 is 4.79 Å². The van der Waals surface area contributed by atoms with Crippen molar-refractivity contribution >= 4 is 5.91 Å². The maximum atomic E-state index is 11.4. The van der Waals surface area contributed by atoms with Crippen LogP contribution in [-0.2, 0) is 11.3 Å². The molecule has 17 heavy (non-hydrogen) atoms. The Balaban J connectivity index is 1.92. The standard InChI is InChI=1S/C12H20N4O/c1-2-14-12(17)5-7-16-9-13-8-11(16)10-4-3-6-15-10/h8-10,15H,2-7H2,1H3,(H,14,17)/t10-/m0/s1. The van der Waals surface area contributed by atoms with Crippen molar-refractivity contribution in [3.63, 3.8) is 0 Å². The number of amides is 1. The zero-order valence-electron chi connectivity index (χ0n) is 10.3. The van der Waals surface area contributed by atoms with Crippen LogP contribution in [0, 0.1) is 0 Å². The number of hydrogen-bond donors (Lipinski definition) is 2. The lowest BCUT2D eigenvalue weighted by atomic mass is 10.2. The molecule has 0 aliphatic carbocycles. The number of rotatable bonds is 5. The van der Waals surface area contributed by atoms with Crippen molar-refractivity contribution in [2.24, 2.45) is 0 Å². The van der Waals surface area contributed by atoms with E-state index < -0.39 is 0 Å². The molecule has 94 valence electrons. The van der Waals surface area contributed by atoms with Crippen molar-refractivity contribution in [1.82, 2.24) is 20.2 Å². The molecule has 1 aliphatic heterocycles. The van der Waals surface area contributed by atoms with Gasteiger partial charge in [-0.2, -0.15) is 0 Å². The van der Waals surface area contributed by atoms with Crippen LogP contribution in [0.2, 0.25) is 0 Å². The lowest BCUT2D eigenvalue weighted by molar-refractivity contribution is -0.121. The van der Waals surface area contributed by atoms with Gasteiger partial charge < -0.3 is 15.2 Å². The summed E-state index contributed by atoms with van der Waals surface area (Å²) < 4.78 is 2.08. The van der Waals surface area contributed by atoms with Gasteiger partial charge in [-0.05, 0) is 26.3 Å². The summed E-state index contributed by atoms with van der Waals surface area (Å²) in [5.41, 5.74) is 1.20. The molecule has 0 aromatic carbocycles. The lowest BCUT2D eigenvalue weighted by Gasteiger charge is -2.13. The Bertz CT molecular complexity index is 368. The molecule has 1 amide bonds. The van der Waals surface area contributed by atoms with Crippen LogP contribution in [-0.4, -0.2) is 28.5 Å². The van der Waals surface area contributed by atoms with E-state index in [1.165, 1.54) is 12.1 Å². The number of imidazole rings is 1. The highest BCUT2D eigenvalue weighted by Crippen LogP contribution is 2.22. The molecule has 1 aromatic rings. The van der Waals surface area contributed by atoms with Gasteiger partial charge in [0.15, 0.2) is 0 Å². The second kappa shape index (κ2) is 5.82. The summed E-state index contributed by atoms with van der Waals surface area (Å²) >= 11 is 0. The Hall–Kier alpha value is -1.36. The third-order valence-electron chi connectivity index (χ3n) is 3.12. The molecule has 0 bridgehead atoms. The Morgan fingerprint density at radius 2 is 2.59 bits per heavy atom. The van der Waals surface area contributed by atoms with Gasteiger partial charge in [0, 0.05) is 31.7 Å². The monoisotopic (exact) mass is 236 g/mol. The maximum absolute atomic E-state index is 11.4. The van der Waals surface area contributed by atoms with Gasteiger partial charge in [0.2, 0.25) is 5.91 Å². The largest absolute Gasteiger partial charge is 0.356 e. The van der Waals surface area contributed by atoms with E-state index in [0.29, 0.717) is 25.6 Å². The minimum Gasteiger partial charge on any atom is -0.356 e. The molecule has 2 rings (SSSR count). The smallest absolute Gasteiger partial charge is 0.221 e. The van der Waals surface area contributed by atoms with Gasteiger partial charge in [-0.25, -0.2) is 4.98 Å². The van der Waals surface area contributed by atoms with Gasteiger partial charge in [-0.15, -0.1) is 0 Å². The second-order valence-corrected chi connectivity index (χ2v) is 4.36. The van der Waals surface area contributed by atoms with Gasteiger partial charge in [0.1, 0.15) is 0 Å². The van der Waals surface area contributed by atoms with E-state index >= 15 is 0 Å². The van der Waals surface area contributed by atoms with Crippen LogP contribution in [0.1, 0.15) is 37.9 Å². The number of nitrogens with one attached hydrogen (secondary N) is 2. The number of hydrogen-bond acceptors (Lipinski definition) is 3. The van der Waals surface area contributed by atoms with Crippen LogP contribution in [0.25, 0.3) is 0 Å². The minimum atomic E-state index is 0.103. The van der Waals surface area contributed by atoms with Gasteiger partial charge in [-0.1, -0.05) is 0 Å². The summed E-state index contributed by atoms with van der Waals surface area (Å²) in [4.78, 5) is 15.6. The second-order valence-electron chi connectivity index (χ2n) is 4.36. The first-order valence-electron chi connectivity index (χ1n) is 6.31. The molecule has 1 fully saturated rings. The fraction of sp³-hybridized carbons (Fsp3) is 0.667. The highest BCUT2D eigenvalue weighted by molar-refractivity contribution is 5.75. The van der Waals surface area contributed by atoms with Gasteiger partial charge in [0.25, 0.3) is 0 Å². The van der Waals surface area contributed by atoms with Crippen molar-refractivity contribution in [3.05, 3.63) is 18.2 Å². The molecule has 1 aromatic heterocycles. The van der Waals surface area contributed by atoms with Crippen LogP contribution < -0.4 is 10.6 Å². The Morgan fingerprint density at radius 3 is 3.29 bits per heavy atom. The van der Waals surface area contributed by atoms with Crippen LogP contribution in [0.15, 0.2) is 12.5 Å². The summed E-state index contributed by atoms with van der Waals surface area (Å²) in [6.07, 6.45) is 6.61. The van der Waals surface area contributed by atoms with Crippen LogP contribution >= 0.6 is 0 Å². The lowest BCUT2D eigenvalue weighted by Crippen LogP contribution is -2.24. The van der Waals surface area contributed by atoms with Gasteiger partial charge in [0.05, 0.1) is 12.0 Å². The van der Waals surface area contributed by atoms with E-state index in [2.05, 4.69) is 20.2 Å². The average Bonchev–Trinajstić information content (AvgIpc) is 2.97. The number of carbonyl (C=O) groups is 1. The molecule has 1 aliphatic rings. The molecule has 0 radical (unpaired) electrons. The molecule has 2 heterocycles. The van der Waals surface area contributed by atoms with Crippen molar-refractivity contribution in [3.8, 4) is 0 Å². The van der Waals surface area contributed by atoms with Crippen molar-refractivity contribution in [1.29, 1.82) is 0 Å². The predicted octanol–water partition coefficient (Wildman–Crippen LogP) is 0.834. The molecule has 0 spiro atoms. The predicted molar refractivity (Wildman–Crippen MR) is 65.5 cm³/mol. The third kappa shape index (κ3) is 3.06. The highest BCUT2D eigenvalue weighted by Gasteiger charge is 2.19. The van der Waals surface area contributed by atoms with Gasteiger partial charge >= 0.3 is 0 Å². The van der Waals surface area contributed by atoms with Crippen molar-refractivity contribution in [2.75, 3.05) is 13.1 Å². The Kier molecular flexibility index (Phi) is 4.14. The summed E-state index contributed by atoms with van der Waals surface area (Å²) in [5.74, 6) is 0.103. The average molecular weight is 236 g/mol. The van der Waals surface area contributed by atoms with E-state index in [1.807, 2.05) is 19.4 Å². The highest BCUT2D eigenvalue weighted by atomic mass is 16.1. The minimum absolute atomic E-state index is 0.103. The fourth-order valence-corrected chi connectivity index (χ4v) is 2.25. The molecule has 0 unspecified atom stereocenters. The zero-order chi connectivity index (χ0) is 12.1. The summed E-state index contributed by atoms with van der Waals surface area (Å²) in [5, 5.41) is 6.26.